The van der Waals surface area contributed by atoms with Crippen molar-refractivity contribution >= 4 is 11.9 Å². The SMILES string of the molecule is CCCCCCCCCCCCCCCCCC(=O)[O-].COc1cc(C[C@H]2COC(=O)[C@@H]2Cc2ccc(O)c(OC)c2)ccc1O. The number of ether oxygens (including phenoxy) is 3. The van der Waals surface area contributed by atoms with E-state index < -0.39 is 5.97 Å². The molecule has 258 valence electrons. The van der Waals surface area contributed by atoms with Crippen molar-refractivity contribution in [1.29, 1.82) is 0 Å². The van der Waals surface area contributed by atoms with Crippen molar-refractivity contribution in [3.05, 3.63) is 47.5 Å². The van der Waals surface area contributed by atoms with Gasteiger partial charge in [0.25, 0.3) is 0 Å². The van der Waals surface area contributed by atoms with Crippen molar-refractivity contribution in [3.8, 4) is 23.0 Å². The number of carboxylic acid groups (broad SMARTS) is 1. The maximum Gasteiger partial charge on any atom is 0.309 e. The summed E-state index contributed by atoms with van der Waals surface area (Å²) in [6.45, 7) is 2.63. The largest absolute Gasteiger partial charge is 0.550 e. The van der Waals surface area contributed by atoms with E-state index >= 15 is 0 Å². The number of methoxy groups -OCH3 is 2. The number of phenols is 2. The van der Waals surface area contributed by atoms with Gasteiger partial charge in [-0.1, -0.05) is 109 Å². The summed E-state index contributed by atoms with van der Waals surface area (Å²) in [6, 6.07) is 10.3. The van der Waals surface area contributed by atoms with Crippen molar-refractivity contribution in [2.24, 2.45) is 11.8 Å². The van der Waals surface area contributed by atoms with E-state index in [4.69, 9.17) is 14.2 Å². The van der Waals surface area contributed by atoms with E-state index in [0.29, 0.717) is 30.9 Å². The number of cyclic esters (lactones) is 1. The topological polar surface area (TPSA) is 125 Å². The van der Waals surface area contributed by atoms with Gasteiger partial charge in [0.15, 0.2) is 23.0 Å². The summed E-state index contributed by atoms with van der Waals surface area (Å²) in [5.74, 6) is -0.421. The Kier molecular flexibility index (Phi) is 19.4. The second-order valence-electron chi connectivity index (χ2n) is 12.5. The normalized spacial score (nSPS) is 15.6. The summed E-state index contributed by atoms with van der Waals surface area (Å²) < 4.78 is 15.6. The number of rotatable bonds is 22. The third-order valence-electron chi connectivity index (χ3n) is 8.74. The molecule has 1 aliphatic heterocycles. The van der Waals surface area contributed by atoms with Gasteiger partial charge in [-0.05, 0) is 61.1 Å². The second kappa shape index (κ2) is 23.0. The standard InChI is InChI=1S/C20H22O6.C18H36O2/c1-24-18-9-12(3-5-16(18)21)7-14-11-26-20(23)15(14)8-13-4-6-17(22)19(10-13)25-2;1-2-3-4-5-6-7-8-9-10-11-12-13-14-15-16-17-18(19)20/h3-6,9-10,14-15,21-22H,7-8,11H2,1-2H3;2-17H2,1H3,(H,19,20)/p-1/t14-,15+;/m0./s1. The molecule has 2 N–H and O–H groups in total. The second-order valence-corrected chi connectivity index (χ2v) is 12.5. The van der Waals surface area contributed by atoms with E-state index in [1.54, 1.807) is 30.3 Å². The molecule has 0 bridgehead atoms. The zero-order valence-electron chi connectivity index (χ0n) is 28.4. The molecule has 2 aromatic carbocycles. The predicted molar refractivity (Wildman–Crippen MR) is 179 cm³/mol. The van der Waals surface area contributed by atoms with Gasteiger partial charge >= 0.3 is 5.97 Å². The van der Waals surface area contributed by atoms with Crippen LogP contribution in [-0.2, 0) is 27.2 Å². The first-order valence-electron chi connectivity index (χ1n) is 17.4. The molecule has 1 saturated heterocycles. The highest BCUT2D eigenvalue weighted by Gasteiger charge is 2.37. The van der Waals surface area contributed by atoms with E-state index in [1.807, 2.05) is 6.07 Å². The first-order chi connectivity index (χ1) is 22.3. The van der Waals surface area contributed by atoms with Gasteiger partial charge in [0.05, 0.1) is 26.7 Å². The molecule has 2 atom stereocenters. The summed E-state index contributed by atoms with van der Waals surface area (Å²) in [5.41, 5.74) is 1.87. The molecule has 0 saturated carbocycles. The number of carbonyl (C=O) groups excluding carboxylic acids is 2. The number of aliphatic carboxylic acids is 1. The molecule has 2 aromatic rings. The van der Waals surface area contributed by atoms with Crippen LogP contribution in [-0.4, -0.2) is 43.0 Å². The number of unbranched alkanes of at least 4 members (excludes halogenated alkanes) is 14. The Hall–Kier alpha value is -3.42. The molecule has 0 aromatic heterocycles. The summed E-state index contributed by atoms with van der Waals surface area (Å²) in [5, 5.41) is 29.7. The lowest BCUT2D eigenvalue weighted by Crippen LogP contribution is -2.21. The van der Waals surface area contributed by atoms with E-state index in [9.17, 15) is 24.9 Å². The van der Waals surface area contributed by atoms with Crippen LogP contribution in [0, 0.1) is 11.8 Å². The lowest BCUT2D eigenvalue weighted by molar-refractivity contribution is -0.305. The van der Waals surface area contributed by atoms with Crippen molar-refractivity contribution in [3.63, 3.8) is 0 Å². The molecule has 0 spiro atoms. The van der Waals surface area contributed by atoms with Crippen LogP contribution in [0.25, 0.3) is 0 Å². The fraction of sp³-hybridized carbons (Fsp3) is 0.632. The van der Waals surface area contributed by atoms with Gasteiger partial charge in [0.1, 0.15) is 0 Å². The Bertz CT molecular complexity index is 1150. The van der Waals surface area contributed by atoms with Gasteiger partial charge in [-0.15, -0.1) is 0 Å². The minimum absolute atomic E-state index is 0.0246. The summed E-state index contributed by atoms with van der Waals surface area (Å²) >= 11 is 0. The smallest absolute Gasteiger partial charge is 0.309 e. The van der Waals surface area contributed by atoms with Crippen molar-refractivity contribution in [2.75, 3.05) is 20.8 Å². The molecule has 1 heterocycles. The Balaban J connectivity index is 0.000000334. The van der Waals surface area contributed by atoms with Crippen LogP contribution in [0.2, 0.25) is 0 Å². The fourth-order valence-corrected chi connectivity index (χ4v) is 5.95. The van der Waals surface area contributed by atoms with Crippen molar-refractivity contribution < 1.29 is 39.1 Å². The van der Waals surface area contributed by atoms with Gasteiger partial charge in [-0.25, -0.2) is 0 Å². The molecular formula is C38H57O8-. The van der Waals surface area contributed by atoms with Crippen LogP contribution in [0.3, 0.4) is 0 Å². The molecule has 0 aliphatic carbocycles. The monoisotopic (exact) mass is 641 g/mol. The average molecular weight is 642 g/mol. The minimum Gasteiger partial charge on any atom is -0.550 e. The van der Waals surface area contributed by atoms with Crippen molar-refractivity contribution in [2.45, 2.75) is 122 Å². The summed E-state index contributed by atoms with van der Waals surface area (Å²) in [4.78, 5) is 22.4. The van der Waals surface area contributed by atoms with E-state index in [0.717, 1.165) is 24.0 Å². The molecule has 46 heavy (non-hydrogen) atoms. The minimum atomic E-state index is -0.903. The number of phenolic OH excluding ortho intramolecular Hbond substituents is 2. The van der Waals surface area contributed by atoms with E-state index in [2.05, 4.69) is 6.92 Å². The number of aromatic hydroxyl groups is 2. The van der Waals surface area contributed by atoms with E-state index in [1.165, 1.54) is 97.7 Å². The zero-order chi connectivity index (χ0) is 33.6. The summed E-state index contributed by atoms with van der Waals surface area (Å²) in [7, 11) is 2.99. The van der Waals surface area contributed by atoms with Crippen LogP contribution in [0.4, 0.5) is 0 Å². The highest BCUT2D eigenvalue weighted by molar-refractivity contribution is 5.75. The Morgan fingerprint density at radius 3 is 1.61 bits per heavy atom. The third kappa shape index (κ3) is 15.2. The predicted octanol–water partition coefficient (Wildman–Crippen LogP) is 7.69. The van der Waals surface area contributed by atoms with Gasteiger partial charge in [0, 0.05) is 11.9 Å². The van der Waals surface area contributed by atoms with Gasteiger partial charge in [0.2, 0.25) is 0 Å². The molecule has 0 amide bonds. The Labute approximate surface area is 276 Å². The molecule has 0 unspecified atom stereocenters. The first kappa shape index (κ1) is 38.8. The Morgan fingerprint density at radius 2 is 1.17 bits per heavy atom. The zero-order valence-corrected chi connectivity index (χ0v) is 28.4. The van der Waals surface area contributed by atoms with E-state index in [-0.39, 0.29) is 35.7 Å². The molecule has 3 rings (SSSR count). The maximum absolute atomic E-state index is 12.2. The van der Waals surface area contributed by atoms with Gasteiger partial charge < -0.3 is 34.3 Å². The molecule has 1 fully saturated rings. The van der Waals surface area contributed by atoms with Crippen molar-refractivity contribution in [1.82, 2.24) is 0 Å². The van der Waals surface area contributed by atoms with Crippen LogP contribution < -0.4 is 14.6 Å². The Morgan fingerprint density at radius 1 is 0.739 bits per heavy atom. The highest BCUT2D eigenvalue weighted by Crippen LogP contribution is 2.34. The quantitative estimate of drug-likeness (QED) is 0.0990. The lowest BCUT2D eigenvalue weighted by Gasteiger charge is -2.16. The molecular weight excluding hydrogens is 584 g/mol. The lowest BCUT2D eigenvalue weighted by atomic mass is 9.85. The number of benzene rings is 2. The average Bonchev–Trinajstić information content (AvgIpc) is 3.38. The van der Waals surface area contributed by atoms with Crippen LogP contribution in [0.1, 0.15) is 121 Å². The highest BCUT2D eigenvalue weighted by atomic mass is 16.5. The molecule has 8 heteroatoms. The fourth-order valence-electron chi connectivity index (χ4n) is 5.95. The maximum atomic E-state index is 12.2. The summed E-state index contributed by atoms with van der Waals surface area (Å²) in [6.07, 6.45) is 21.0. The molecule has 8 nitrogen and oxygen atoms in total. The van der Waals surface area contributed by atoms with Crippen LogP contribution in [0.5, 0.6) is 23.0 Å². The van der Waals surface area contributed by atoms with Gasteiger partial charge in [-0.3, -0.25) is 4.79 Å². The number of hydrogen-bond acceptors (Lipinski definition) is 8. The molecule has 0 radical (unpaired) electrons. The number of carbonyl (C=O) groups is 2. The number of esters is 1. The third-order valence-corrected chi connectivity index (χ3v) is 8.74. The first-order valence-corrected chi connectivity index (χ1v) is 17.4. The molecule has 1 aliphatic rings. The number of carboxylic acids is 1. The van der Waals surface area contributed by atoms with Gasteiger partial charge in [-0.2, -0.15) is 0 Å². The number of hydrogen-bond donors (Lipinski definition) is 2. The van der Waals surface area contributed by atoms with Crippen LogP contribution >= 0.6 is 0 Å². The van der Waals surface area contributed by atoms with Crippen LogP contribution in [0.15, 0.2) is 36.4 Å².